The molecular weight excluding hydrogens is 370 g/mol. The Morgan fingerprint density at radius 1 is 1.22 bits per heavy atom. The van der Waals surface area contributed by atoms with Crippen molar-refractivity contribution in [3.05, 3.63) is 62.9 Å². The normalized spacial score (nSPS) is 11.7. The van der Waals surface area contributed by atoms with Gasteiger partial charge in [0, 0.05) is 31.4 Å². The minimum Gasteiger partial charge on any atom is -0.495 e. The lowest BCUT2D eigenvalue weighted by Crippen LogP contribution is -2.19. The average Bonchev–Trinajstić information content (AvgIpc) is 3.03. The van der Waals surface area contributed by atoms with Crippen LogP contribution in [0, 0.1) is 10.1 Å². The van der Waals surface area contributed by atoms with Crippen molar-refractivity contribution in [2.24, 2.45) is 4.99 Å². The highest BCUT2D eigenvalue weighted by molar-refractivity contribution is 7.16. The second-order valence-electron chi connectivity index (χ2n) is 5.56. The largest absolute Gasteiger partial charge is 0.495 e. The molecule has 1 aromatic heterocycles. The lowest BCUT2D eigenvalue weighted by Gasteiger charge is -2.07. The Balaban J connectivity index is 2.08. The molecule has 27 heavy (non-hydrogen) atoms. The summed E-state index contributed by atoms with van der Waals surface area (Å²) in [5.74, 6) is 0.214. The molecular formula is C18H17N3O5S. The summed E-state index contributed by atoms with van der Waals surface area (Å²) in [6, 6.07) is 11.0. The highest BCUT2D eigenvalue weighted by Crippen LogP contribution is 2.27. The summed E-state index contributed by atoms with van der Waals surface area (Å²) in [7, 11) is 3.19. The van der Waals surface area contributed by atoms with Gasteiger partial charge in [-0.15, -0.1) is 0 Å². The number of para-hydroxylation sites is 1. The van der Waals surface area contributed by atoms with Crippen LogP contribution in [-0.2, 0) is 11.3 Å². The summed E-state index contributed by atoms with van der Waals surface area (Å²) >= 11 is 1.37. The Morgan fingerprint density at radius 3 is 2.59 bits per heavy atom. The molecule has 0 spiro atoms. The van der Waals surface area contributed by atoms with Crippen molar-refractivity contribution in [1.29, 1.82) is 0 Å². The van der Waals surface area contributed by atoms with E-state index >= 15 is 0 Å². The van der Waals surface area contributed by atoms with Gasteiger partial charge in [0.25, 0.3) is 11.6 Å². The van der Waals surface area contributed by atoms with Crippen LogP contribution in [0.5, 0.6) is 5.75 Å². The molecule has 8 nitrogen and oxygen atoms in total. The minimum absolute atomic E-state index is 0.0756. The van der Waals surface area contributed by atoms with E-state index in [-0.39, 0.29) is 11.3 Å². The number of hydrogen-bond donors (Lipinski definition) is 0. The van der Waals surface area contributed by atoms with Gasteiger partial charge in [0.2, 0.25) is 0 Å². The summed E-state index contributed by atoms with van der Waals surface area (Å²) in [6.45, 7) is 0.950. The van der Waals surface area contributed by atoms with Gasteiger partial charge in [0.05, 0.1) is 23.3 Å². The SMILES string of the molecule is COCCn1c(=NC(=O)c2ccc([N+](=O)[O-])cc2)sc2cccc(OC)c21. The molecule has 0 atom stereocenters. The molecule has 0 fully saturated rings. The third-order valence-corrected chi connectivity index (χ3v) is 4.97. The zero-order valence-corrected chi connectivity index (χ0v) is 15.6. The predicted molar refractivity (Wildman–Crippen MR) is 101 cm³/mol. The van der Waals surface area contributed by atoms with Gasteiger partial charge in [-0.05, 0) is 24.3 Å². The predicted octanol–water partition coefficient (Wildman–Crippen LogP) is 3.01. The fraction of sp³-hybridized carbons (Fsp3) is 0.222. The number of rotatable bonds is 6. The van der Waals surface area contributed by atoms with E-state index in [1.165, 1.54) is 35.6 Å². The first-order chi connectivity index (χ1) is 13.0. The van der Waals surface area contributed by atoms with Crippen LogP contribution in [0.3, 0.4) is 0 Å². The first kappa shape index (κ1) is 18.7. The van der Waals surface area contributed by atoms with Crippen molar-refractivity contribution < 1.29 is 19.2 Å². The van der Waals surface area contributed by atoms with Gasteiger partial charge >= 0.3 is 0 Å². The number of non-ortho nitro benzene ring substituents is 1. The highest BCUT2D eigenvalue weighted by atomic mass is 32.1. The first-order valence-corrected chi connectivity index (χ1v) is 8.85. The van der Waals surface area contributed by atoms with Crippen LogP contribution in [-0.4, -0.2) is 36.2 Å². The number of ether oxygens (including phenoxy) is 2. The summed E-state index contributed by atoms with van der Waals surface area (Å²) < 4.78 is 13.4. The summed E-state index contributed by atoms with van der Waals surface area (Å²) in [5, 5.41) is 10.7. The van der Waals surface area contributed by atoms with E-state index in [0.717, 1.165) is 10.2 Å². The van der Waals surface area contributed by atoms with Crippen LogP contribution in [0.15, 0.2) is 47.5 Å². The fourth-order valence-corrected chi connectivity index (χ4v) is 3.69. The van der Waals surface area contributed by atoms with Crippen LogP contribution in [0.2, 0.25) is 0 Å². The maximum atomic E-state index is 12.5. The third kappa shape index (κ3) is 3.88. The van der Waals surface area contributed by atoms with Crippen molar-refractivity contribution in [3.63, 3.8) is 0 Å². The van der Waals surface area contributed by atoms with E-state index in [1.54, 1.807) is 14.2 Å². The van der Waals surface area contributed by atoms with Crippen molar-refractivity contribution >= 4 is 33.1 Å². The zero-order chi connectivity index (χ0) is 19.4. The summed E-state index contributed by atoms with van der Waals surface area (Å²) in [4.78, 5) is 27.5. The Morgan fingerprint density at radius 2 is 1.96 bits per heavy atom. The number of benzene rings is 2. The number of aromatic nitrogens is 1. The lowest BCUT2D eigenvalue weighted by molar-refractivity contribution is -0.384. The first-order valence-electron chi connectivity index (χ1n) is 8.04. The Kier molecular flexibility index (Phi) is 5.63. The van der Waals surface area contributed by atoms with Crippen LogP contribution < -0.4 is 9.54 Å². The van der Waals surface area contributed by atoms with E-state index in [9.17, 15) is 14.9 Å². The number of nitro groups is 1. The number of hydrogen-bond acceptors (Lipinski definition) is 6. The molecule has 2 aromatic carbocycles. The topological polar surface area (TPSA) is 96.0 Å². The monoisotopic (exact) mass is 387 g/mol. The number of thiazole rings is 1. The van der Waals surface area contributed by atoms with E-state index in [1.807, 2.05) is 22.8 Å². The molecule has 0 saturated carbocycles. The van der Waals surface area contributed by atoms with Gasteiger partial charge in [-0.3, -0.25) is 14.9 Å². The van der Waals surface area contributed by atoms with Crippen molar-refractivity contribution in [1.82, 2.24) is 4.57 Å². The maximum Gasteiger partial charge on any atom is 0.279 e. The van der Waals surface area contributed by atoms with Crippen LogP contribution >= 0.6 is 11.3 Å². The smallest absolute Gasteiger partial charge is 0.279 e. The molecule has 9 heteroatoms. The number of fused-ring (bicyclic) bond motifs is 1. The second-order valence-corrected chi connectivity index (χ2v) is 6.57. The van der Waals surface area contributed by atoms with Crippen LogP contribution in [0.1, 0.15) is 10.4 Å². The quantitative estimate of drug-likeness (QED) is 0.478. The van der Waals surface area contributed by atoms with Gasteiger partial charge in [-0.2, -0.15) is 4.99 Å². The molecule has 0 saturated heterocycles. The van der Waals surface area contributed by atoms with E-state index in [2.05, 4.69) is 4.99 Å². The molecule has 3 rings (SSSR count). The molecule has 3 aromatic rings. The van der Waals surface area contributed by atoms with Crippen LogP contribution in [0.4, 0.5) is 5.69 Å². The summed E-state index contributed by atoms with van der Waals surface area (Å²) in [5.41, 5.74) is 1.05. The molecule has 0 unspecified atom stereocenters. The molecule has 0 aliphatic rings. The second kappa shape index (κ2) is 8.11. The van der Waals surface area contributed by atoms with Crippen molar-refractivity contribution in [3.8, 4) is 5.75 Å². The molecule has 0 radical (unpaired) electrons. The molecule has 0 aliphatic heterocycles. The van der Waals surface area contributed by atoms with E-state index < -0.39 is 10.8 Å². The number of methoxy groups -OCH3 is 2. The molecule has 0 bridgehead atoms. The number of amides is 1. The van der Waals surface area contributed by atoms with Crippen LogP contribution in [0.25, 0.3) is 10.2 Å². The Hall–Kier alpha value is -3.04. The standard InChI is InChI=1S/C18H17N3O5S/c1-25-11-10-20-16-14(26-2)4-3-5-15(16)27-18(20)19-17(22)12-6-8-13(9-7-12)21(23)24/h3-9H,10-11H2,1-2H3. The van der Waals surface area contributed by atoms with Crippen molar-refractivity contribution in [2.45, 2.75) is 6.54 Å². The van der Waals surface area contributed by atoms with E-state index in [0.29, 0.717) is 23.7 Å². The molecule has 140 valence electrons. The Bertz CT molecular complexity index is 1050. The van der Waals surface area contributed by atoms with Gasteiger partial charge in [-0.25, -0.2) is 0 Å². The van der Waals surface area contributed by atoms with Gasteiger partial charge in [0.15, 0.2) is 4.80 Å². The number of nitro benzene ring substituents is 1. The van der Waals surface area contributed by atoms with Gasteiger partial charge in [0.1, 0.15) is 11.3 Å². The molecule has 0 aliphatic carbocycles. The Labute approximate surface area is 158 Å². The molecule has 1 heterocycles. The average molecular weight is 387 g/mol. The lowest BCUT2D eigenvalue weighted by atomic mass is 10.2. The van der Waals surface area contributed by atoms with Gasteiger partial charge < -0.3 is 14.0 Å². The maximum absolute atomic E-state index is 12.5. The number of carbonyl (C=O) groups is 1. The fourth-order valence-electron chi connectivity index (χ4n) is 2.61. The van der Waals surface area contributed by atoms with Crippen molar-refractivity contribution in [2.75, 3.05) is 20.8 Å². The number of carbonyl (C=O) groups excluding carboxylic acids is 1. The third-order valence-electron chi connectivity index (χ3n) is 3.93. The zero-order valence-electron chi connectivity index (χ0n) is 14.7. The van der Waals surface area contributed by atoms with E-state index in [4.69, 9.17) is 9.47 Å². The molecule has 0 N–H and O–H groups in total. The molecule has 1 amide bonds. The minimum atomic E-state index is -0.512. The summed E-state index contributed by atoms with van der Waals surface area (Å²) in [6.07, 6.45) is 0. The van der Waals surface area contributed by atoms with Gasteiger partial charge in [-0.1, -0.05) is 17.4 Å². The number of nitrogens with zero attached hydrogens (tertiary/aromatic N) is 3. The highest BCUT2D eigenvalue weighted by Gasteiger charge is 2.13.